The minimum absolute atomic E-state index is 0. The summed E-state index contributed by atoms with van der Waals surface area (Å²) in [6.45, 7) is 3.38. The van der Waals surface area contributed by atoms with Gasteiger partial charge in [0.2, 0.25) is 0 Å². The standard InChI is InChI=1S/C23H21BrFN7.ClH/c1-23(26,16-2-4-19(25)5-3-16)17-11-27-21(28-12-17)15-6-8-31(9-7-15)22-20-10-18(24)13-32(20)30-14-29-22;/h2-6,10-14H,7-9,26H2,1H3;1H. The van der Waals surface area contributed by atoms with Gasteiger partial charge in [0.1, 0.15) is 17.7 Å². The molecule has 1 aromatic carbocycles. The van der Waals surface area contributed by atoms with Crippen molar-refractivity contribution >= 4 is 45.2 Å². The van der Waals surface area contributed by atoms with E-state index in [0.717, 1.165) is 45.5 Å². The molecule has 1 aliphatic heterocycles. The third-order valence-corrected chi connectivity index (χ3v) is 6.28. The second kappa shape index (κ2) is 9.17. The van der Waals surface area contributed by atoms with Crippen LogP contribution in [0, 0.1) is 5.82 Å². The van der Waals surface area contributed by atoms with Crippen LogP contribution in [-0.4, -0.2) is 37.7 Å². The third kappa shape index (κ3) is 4.48. The molecule has 10 heteroatoms. The molecule has 3 aromatic heterocycles. The monoisotopic (exact) mass is 529 g/mol. The molecule has 170 valence electrons. The first-order chi connectivity index (χ1) is 15.4. The number of nitrogens with two attached hydrogens (primary N) is 1. The molecule has 1 atom stereocenters. The predicted molar refractivity (Wildman–Crippen MR) is 132 cm³/mol. The smallest absolute Gasteiger partial charge is 0.156 e. The van der Waals surface area contributed by atoms with Crippen molar-refractivity contribution in [1.82, 2.24) is 24.6 Å². The van der Waals surface area contributed by atoms with Crippen molar-refractivity contribution < 1.29 is 4.39 Å². The summed E-state index contributed by atoms with van der Waals surface area (Å²) in [7, 11) is 0. The average Bonchev–Trinajstić information content (AvgIpc) is 3.20. The zero-order valence-electron chi connectivity index (χ0n) is 17.8. The summed E-state index contributed by atoms with van der Waals surface area (Å²) < 4.78 is 16.0. The molecule has 0 saturated carbocycles. The molecular formula is C23H22BrClFN7. The Hall–Kier alpha value is -2.88. The van der Waals surface area contributed by atoms with Crippen LogP contribution in [-0.2, 0) is 5.54 Å². The summed E-state index contributed by atoms with van der Waals surface area (Å²) in [5.41, 5.74) is 9.34. The molecule has 0 aliphatic carbocycles. The lowest BCUT2D eigenvalue weighted by atomic mass is 9.87. The second-order valence-corrected chi connectivity index (χ2v) is 8.92. The normalized spacial score (nSPS) is 15.6. The van der Waals surface area contributed by atoms with E-state index in [-0.39, 0.29) is 18.2 Å². The molecule has 0 amide bonds. The summed E-state index contributed by atoms with van der Waals surface area (Å²) in [5.74, 6) is 1.30. The number of hydrogen-bond acceptors (Lipinski definition) is 6. The fraction of sp³-hybridized carbons (Fsp3) is 0.217. The Bertz CT molecular complexity index is 1300. The Labute approximate surface area is 205 Å². The Kier molecular flexibility index (Phi) is 6.47. The van der Waals surface area contributed by atoms with E-state index in [1.807, 2.05) is 23.7 Å². The second-order valence-electron chi connectivity index (χ2n) is 8.00. The van der Waals surface area contributed by atoms with Gasteiger partial charge in [-0.15, -0.1) is 12.4 Å². The van der Waals surface area contributed by atoms with Crippen LogP contribution in [0.2, 0.25) is 0 Å². The van der Waals surface area contributed by atoms with Crippen molar-refractivity contribution in [2.45, 2.75) is 18.9 Å². The first kappa shape index (κ1) is 23.3. The largest absolute Gasteiger partial charge is 0.351 e. The highest BCUT2D eigenvalue weighted by Crippen LogP contribution is 2.29. The number of benzene rings is 1. The van der Waals surface area contributed by atoms with Crippen molar-refractivity contribution in [2.24, 2.45) is 5.73 Å². The molecule has 0 fully saturated rings. The number of fused-ring (bicyclic) bond motifs is 1. The molecule has 0 spiro atoms. The molecule has 33 heavy (non-hydrogen) atoms. The van der Waals surface area contributed by atoms with Crippen LogP contribution in [0.4, 0.5) is 10.2 Å². The van der Waals surface area contributed by atoms with Gasteiger partial charge >= 0.3 is 0 Å². The zero-order chi connectivity index (χ0) is 22.3. The highest BCUT2D eigenvalue weighted by molar-refractivity contribution is 9.10. The molecule has 5 rings (SSSR count). The Morgan fingerprint density at radius 2 is 1.82 bits per heavy atom. The minimum atomic E-state index is -0.812. The maximum Gasteiger partial charge on any atom is 0.156 e. The number of nitrogens with zero attached hydrogens (tertiary/aromatic N) is 6. The minimum Gasteiger partial charge on any atom is -0.351 e. The molecule has 0 radical (unpaired) electrons. The summed E-state index contributed by atoms with van der Waals surface area (Å²) >= 11 is 3.50. The lowest BCUT2D eigenvalue weighted by molar-refractivity contribution is 0.588. The number of aromatic nitrogens is 5. The van der Waals surface area contributed by atoms with Crippen LogP contribution in [0.5, 0.6) is 0 Å². The number of hydrogen-bond donors (Lipinski definition) is 1. The summed E-state index contributed by atoms with van der Waals surface area (Å²) in [4.78, 5) is 15.9. The van der Waals surface area contributed by atoms with Crippen LogP contribution >= 0.6 is 28.3 Å². The van der Waals surface area contributed by atoms with Crippen molar-refractivity contribution in [2.75, 3.05) is 18.0 Å². The molecule has 2 N–H and O–H groups in total. The number of rotatable bonds is 4. The maximum atomic E-state index is 13.3. The Morgan fingerprint density at radius 1 is 1.09 bits per heavy atom. The molecule has 1 aliphatic rings. The van der Waals surface area contributed by atoms with Crippen LogP contribution in [0.3, 0.4) is 0 Å². The number of halogens is 3. The lowest BCUT2D eigenvalue weighted by Crippen LogP contribution is -2.34. The van der Waals surface area contributed by atoms with Crippen molar-refractivity contribution in [3.8, 4) is 0 Å². The van der Waals surface area contributed by atoms with E-state index in [1.54, 1.807) is 30.9 Å². The van der Waals surface area contributed by atoms with Crippen LogP contribution < -0.4 is 10.6 Å². The van der Waals surface area contributed by atoms with Crippen LogP contribution in [0.25, 0.3) is 11.1 Å². The van der Waals surface area contributed by atoms with Crippen molar-refractivity contribution in [3.05, 3.63) is 88.6 Å². The highest BCUT2D eigenvalue weighted by atomic mass is 79.9. The maximum absolute atomic E-state index is 13.3. The van der Waals surface area contributed by atoms with E-state index in [2.05, 4.69) is 47.0 Å². The topological polar surface area (TPSA) is 85.2 Å². The molecule has 4 aromatic rings. The van der Waals surface area contributed by atoms with Gasteiger partial charge in [-0.05, 0) is 58.6 Å². The van der Waals surface area contributed by atoms with Gasteiger partial charge in [0.05, 0.1) is 5.54 Å². The molecule has 1 unspecified atom stereocenters. The summed E-state index contributed by atoms with van der Waals surface area (Å²) in [6, 6.07) is 8.21. The number of anilines is 1. The van der Waals surface area contributed by atoms with E-state index in [9.17, 15) is 4.39 Å². The highest BCUT2D eigenvalue weighted by Gasteiger charge is 2.25. The van der Waals surface area contributed by atoms with E-state index >= 15 is 0 Å². The molecular weight excluding hydrogens is 509 g/mol. The molecule has 7 nitrogen and oxygen atoms in total. The van der Waals surface area contributed by atoms with Crippen LogP contribution in [0.15, 0.2) is 65.8 Å². The molecule has 0 saturated heterocycles. The SMILES string of the molecule is CC(N)(c1ccc(F)cc1)c1cnc(C2=CCN(c3ncnn4cc(Br)cc34)CC2)nc1.Cl. The van der Waals surface area contributed by atoms with Crippen molar-refractivity contribution in [1.29, 1.82) is 0 Å². The van der Waals surface area contributed by atoms with E-state index in [1.165, 1.54) is 12.1 Å². The zero-order valence-corrected chi connectivity index (χ0v) is 20.2. The quantitative estimate of drug-likeness (QED) is 0.422. The molecule has 4 heterocycles. The average molecular weight is 531 g/mol. The van der Waals surface area contributed by atoms with Gasteiger partial charge in [0.25, 0.3) is 0 Å². The van der Waals surface area contributed by atoms with Gasteiger partial charge in [-0.3, -0.25) is 0 Å². The first-order valence-corrected chi connectivity index (χ1v) is 11.0. The van der Waals surface area contributed by atoms with Gasteiger partial charge in [0.15, 0.2) is 11.6 Å². The third-order valence-electron chi connectivity index (χ3n) is 5.84. The van der Waals surface area contributed by atoms with Crippen molar-refractivity contribution in [3.63, 3.8) is 0 Å². The van der Waals surface area contributed by atoms with E-state index in [0.29, 0.717) is 12.4 Å². The Balaban J connectivity index is 0.00000259. The fourth-order valence-electron chi connectivity index (χ4n) is 3.92. The van der Waals surface area contributed by atoms with Gasteiger partial charge in [0, 0.05) is 41.7 Å². The van der Waals surface area contributed by atoms with Crippen LogP contribution in [0.1, 0.15) is 30.3 Å². The van der Waals surface area contributed by atoms with Gasteiger partial charge in [-0.1, -0.05) is 18.2 Å². The summed E-state index contributed by atoms with van der Waals surface area (Å²) in [5, 5.41) is 4.26. The van der Waals surface area contributed by atoms with Gasteiger partial charge < -0.3 is 10.6 Å². The predicted octanol–water partition coefficient (Wildman–Crippen LogP) is 4.36. The fourth-order valence-corrected chi connectivity index (χ4v) is 4.33. The Morgan fingerprint density at radius 3 is 2.48 bits per heavy atom. The van der Waals surface area contributed by atoms with Gasteiger partial charge in [-0.25, -0.2) is 23.9 Å². The summed E-state index contributed by atoms with van der Waals surface area (Å²) in [6.07, 6.45) is 9.93. The van der Waals surface area contributed by atoms with E-state index < -0.39 is 5.54 Å². The first-order valence-electron chi connectivity index (χ1n) is 10.2. The van der Waals surface area contributed by atoms with E-state index in [4.69, 9.17) is 5.73 Å². The van der Waals surface area contributed by atoms with Gasteiger partial charge in [-0.2, -0.15) is 5.10 Å². The molecule has 0 bridgehead atoms. The lowest BCUT2D eigenvalue weighted by Gasteiger charge is -2.28.